The lowest BCUT2D eigenvalue weighted by Crippen LogP contribution is -2.30. The van der Waals surface area contributed by atoms with E-state index in [0.29, 0.717) is 10.9 Å². The Balaban J connectivity index is 1.52. The van der Waals surface area contributed by atoms with Gasteiger partial charge in [0.1, 0.15) is 4.32 Å². The van der Waals surface area contributed by atoms with Crippen molar-refractivity contribution >= 4 is 68.6 Å². The Kier molecular flexibility index (Phi) is 4.45. The minimum Gasteiger partial charge on any atom is -0.361 e. The quantitative estimate of drug-likeness (QED) is 0.639. The molecule has 1 N–H and O–H groups in total. The molecule has 0 bridgehead atoms. The molecule has 118 valence electrons. The normalized spacial score (nSPS) is 18.7. The van der Waals surface area contributed by atoms with Crippen LogP contribution in [0.4, 0.5) is 0 Å². The van der Waals surface area contributed by atoms with Gasteiger partial charge >= 0.3 is 0 Å². The standard InChI is InChI=1S/C16H14N2OS4/c19-14-13(15-21-7-8-22-15)23-16(20)18(14)6-5-10-9-17-12-4-2-1-3-11(10)12/h1-4,9,17H,5-8H2. The summed E-state index contributed by atoms with van der Waals surface area (Å²) in [6, 6.07) is 8.24. The van der Waals surface area contributed by atoms with Crippen molar-refractivity contribution in [2.45, 2.75) is 6.42 Å². The Labute approximate surface area is 152 Å². The van der Waals surface area contributed by atoms with Crippen molar-refractivity contribution in [2.75, 3.05) is 18.1 Å². The average Bonchev–Trinajstić information content (AvgIpc) is 3.27. The second-order valence-corrected chi connectivity index (χ2v) is 9.36. The van der Waals surface area contributed by atoms with Crippen molar-refractivity contribution in [2.24, 2.45) is 0 Å². The Morgan fingerprint density at radius 3 is 2.83 bits per heavy atom. The monoisotopic (exact) mass is 378 g/mol. The highest BCUT2D eigenvalue weighted by atomic mass is 32.2. The summed E-state index contributed by atoms with van der Waals surface area (Å²) >= 11 is 10.4. The van der Waals surface area contributed by atoms with Gasteiger partial charge in [0.25, 0.3) is 5.91 Å². The summed E-state index contributed by atoms with van der Waals surface area (Å²) in [6.07, 6.45) is 2.84. The molecule has 0 saturated carbocycles. The van der Waals surface area contributed by atoms with Gasteiger partial charge in [0.15, 0.2) is 0 Å². The number of thiocarbonyl (C=S) groups is 1. The number of hydrogen-bond donors (Lipinski definition) is 1. The minimum atomic E-state index is 0.0803. The maximum atomic E-state index is 12.7. The van der Waals surface area contributed by atoms with Crippen LogP contribution in [0.15, 0.2) is 39.6 Å². The summed E-state index contributed by atoms with van der Waals surface area (Å²) in [6.45, 7) is 0.638. The van der Waals surface area contributed by atoms with Crippen LogP contribution in [-0.2, 0) is 11.2 Å². The van der Waals surface area contributed by atoms with Gasteiger partial charge in [-0.05, 0) is 18.1 Å². The zero-order valence-electron chi connectivity index (χ0n) is 12.2. The van der Waals surface area contributed by atoms with E-state index < -0.39 is 0 Å². The molecule has 3 heterocycles. The van der Waals surface area contributed by atoms with Crippen LogP contribution in [0.2, 0.25) is 0 Å². The Hall–Kier alpha value is -0.890. The Bertz CT molecular complexity index is 818. The van der Waals surface area contributed by atoms with Crippen molar-refractivity contribution < 1.29 is 4.79 Å². The predicted octanol–water partition coefficient (Wildman–Crippen LogP) is 4.22. The molecule has 3 nitrogen and oxygen atoms in total. The molecule has 2 saturated heterocycles. The van der Waals surface area contributed by atoms with Gasteiger partial charge in [0.2, 0.25) is 0 Å². The van der Waals surface area contributed by atoms with E-state index in [1.807, 2.05) is 18.3 Å². The molecular formula is C16H14N2OS4. The van der Waals surface area contributed by atoms with E-state index in [1.54, 1.807) is 28.4 Å². The van der Waals surface area contributed by atoms with Crippen molar-refractivity contribution in [3.05, 3.63) is 45.2 Å². The van der Waals surface area contributed by atoms with Gasteiger partial charge in [-0.15, -0.1) is 23.5 Å². The fourth-order valence-corrected chi connectivity index (χ4v) is 6.80. The summed E-state index contributed by atoms with van der Waals surface area (Å²) in [5.41, 5.74) is 2.36. The number of H-pyrrole nitrogens is 1. The van der Waals surface area contributed by atoms with E-state index in [2.05, 4.69) is 17.1 Å². The topological polar surface area (TPSA) is 36.1 Å². The number of fused-ring (bicyclic) bond motifs is 1. The largest absolute Gasteiger partial charge is 0.361 e. The molecule has 0 radical (unpaired) electrons. The van der Waals surface area contributed by atoms with E-state index in [9.17, 15) is 4.79 Å². The minimum absolute atomic E-state index is 0.0803. The van der Waals surface area contributed by atoms with Crippen LogP contribution < -0.4 is 0 Å². The van der Waals surface area contributed by atoms with Gasteiger partial charge in [-0.1, -0.05) is 42.2 Å². The number of aromatic amines is 1. The number of hydrogen-bond acceptors (Lipinski definition) is 5. The molecule has 2 aliphatic rings. The number of amides is 1. The third kappa shape index (κ3) is 2.95. The molecule has 4 rings (SSSR count). The van der Waals surface area contributed by atoms with E-state index in [0.717, 1.165) is 32.6 Å². The lowest BCUT2D eigenvalue weighted by molar-refractivity contribution is -0.122. The fraction of sp³-hybridized carbons (Fsp3) is 0.250. The molecule has 0 unspecified atom stereocenters. The SMILES string of the molecule is O=C1C(=C2SCCS2)SC(=S)N1CCc1c[nH]c2ccccc12. The molecule has 0 spiro atoms. The van der Waals surface area contributed by atoms with Crippen molar-refractivity contribution in [3.8, 4) is 0 Å². The summed E-state index contributed by atoms with van der Waals surface area (Å²) < 4.78 is 1.84. The fourth-order valence-electron chi connectivity index (χ4n) is 2.73. The van der Waals surface area contributed by atoms with E-state index in [-0.39, 0.29) is 5.91 Å². The van der Waals surface area contributed by atoms with Crippen LogP contribution in [0.1, 0.15) is 5.56 Å². The maximum Gasteiger partial charge on any atom is 0.267 e. The average molecular weight is 379 g/mol. The summed E-state index contributed by atoms with van der Waals surface area (Å²) in [5, 5.41) is 1.22. The third-order valence-electron chi connectivity index (χ3n) is 3.86. The van der Waals surface area contributed by atoms with Crippen LogP contribution in [0.3, 0.4) is 0 Å². The van der Waals surface area contributed by atoms with Crippen molar-refractivity contribution in [1.82, 2.24) is 9.88 Å². The Morgan fingerprint density at radius 2 is 2.00 bits per heavy atom. The summed E-state index contributed by atoms with van der Waals surface area (Å²) in [7, 11) is 0. The van der Waals surface area contributed by atoms with Crippen LogP contribution >= 0.6 is 47.5 Å². The first-order valence-corrected chi connectivity index (χ1v) is 10.5. The zero-order chi connectivity index (χ0) is 15.8. The molecule has 2 aromatic rings. The zero-order valence-corrected chi connectivity index (χ0v) is 15.5. The van der Waals surface area contributed by atoms with Crippen LogP contribution in [-0.4, -0.2) is 38.2 Å². The molecule has 2 fully saturated rings. The molecule has 0 atom stereocenters. The maximum absolute atomic E-state index is 12.7. The van der Waals surface area contributed by atoms with E-state index in [1.165, 1.54) is 22.7 Å². The molecule has 1 aromatic heterocycles. The number of aromatic nitrogens is 1. The van der Waals surface area contributed by atoms with Crippen molar-refractivity contribution in [3.63, 3.8) is 0 Å². The molecular weight excluding hydrogens is 364 g/mol. The Morgan fingerprint density at radius 1 is 1.22 bits per heavy atom. The smallest absolute Gasteiger partial charge is 0.267 e. The van der Waals surface area contributed by atoms with Gasteiger partial charge in [-0.3, -0.25) is 9.69 Å². The summed E-state index contributed by atoms with van der Waals surface area (Å²) in [5.74, 6) is 2.25. The molecule has 1 aromatic carbocycles. The van der Waals surface area contributed by atoms with E-state index in [4.69, 9.17) is 12.2 Å². The van der Waals surface area contributed by atoms with E-state index >= 15 is 0 Å². The highest BCUT2D eigenvalue weighted by Crippen LogP contribution is 2.45. The van der Waals surface area contributed by atoms with Gasteiger partial charge in [0.05, 0.1) is 9.14 Å². The lowest BCUT2D eigenvalue weighted by Gasteiger charge is -2.14. The van der Waals surface area contributed by atoms with Crippen LogP contribution in [0.5, 0.6) is 0 Å². The first kappa shape index (κ1) is 15.6. The van der Waals surface area contributed by atoms with Crippen molar-refractivity contribution in [1.29, 1.82) is 0 Å². The number of carbonyl (C=O) groups is 1. The van der Waals surface area contributed by atoms with Gasteiger partial charge in [-0.25, -0.2) is 0 Å². The number of para-hydroxylation sites is 1. The summed E-state index contributed by atoms with van der Waals surface area (Å²) in [4.78, 5) is 18.5. The number of benzene rings is 1. The van der Waals surface area contributed by atoms with Gasteiger partial charge < -0.3 is 4.98 Å². The molecule has 2 aliphatic heterocycles. The molecule has 23 heavy (non-hydrogen) atoms. The van der Waals surface area contributed by atoms with Crippen LogP contribution in [0, 0.1) is 0 Å². The van der Waals surface area contributed by atoms with Gasteiger partial charge in [-0.2, -0.15) is 0 Å². The van der Waals surface area contributed by atoms with Crippen LogP contribution in [0.25, 0.3) is 10.9 Å². The first-order valence-electron chi connectivity index (χ1n) is 7.32. The third-order valence-corrected chi connectivity index (χ3v) is 8.29. The van der Waals surface area contributed by atoms with Gasteiger partial charge in [0, 0.05) is 35.2 Å². The predicted molar refractivity (Wildman–Crippen MR) is 106 cm³/mol. The molecule has 0 aliphatic carbocycles. The number of thioether (sulfide) groups is 3. The first-order chi connectivity index (χ1) is 11.2. The number of rotatable bonds is 3. The highest BCUT2D eigenvalue weighted by Gasteiger charge is 2.35. The second-order valence-electron chi connectivity index (χ2n) is 5.25. The lowest BCUT2D eigenvalue weighted by atomic mass is 10.1. The number of nitrogens with one attached hydrogen (secondary N) is 1. The molecule has 1 amide bonds. The number of nitrogens with zero attached hydrogens (tertiary/aromatic N) is 1. The number of carbonyl (C=O) groups excluding carboxylic acids is 1. The second kappa shape index (κ2) is 6.55. The molecule has 7 heteroatoms. The highest BCUT2D eigenvalue weighted by molar-refractivity contribution is 8.30.